The standard InChI is InChI=1S/C18H19N3O5S/c1-12(21-27(22,23)14-10-8-13(24-2)9-11-14)18-19-17(20-26-18)15-6-4-5-7-16(15)25-3/h4-12,21H,1-3H3. The summed E-state index contributed by atoms with van der Waals surface area (Å²) < 4.78 is 43.1. The average Bonchev–Trinajstić information content (AvgIpc) is 3.18. The summed E-state index contributed by atoms with van der Waals surface area (Å²) in [6.07, 6.45) is 0. The Labute approximate surface area is 157 Å². The molecule has 8 nitrogen and oxygen atoms in total. The number of nitrogens with one attached hydrogen (secondary N) is 1. The number of sulfonamides is 1. The van der Waals surface area contributed by atoms with Gasteiger partial charge in [0.15, 0.2) is 0 Å². The highest BCUT2D eigenvalue weighted by Crippen LogP contribution is 2.28. The molecule has 1 atom stereocenters. The van der Waals surface area contributed by atoms with Gasteiger partial charge >= 0.3 is 0 Å². The van der Waals surface area contributed by atoms with Crippen LogP contribution in [-0.2, 0) is 10.0 Å². The van der Waals surface area contributed by atoms with E-state index in [0.717, 1.165) is 0 Å². The highest BCUT2D eigenvalue weighted by molar-refractivity contribution is 7.89. The molecule has 3 aromatic rings. The molecule has 1 heterocycles. The number of para-hydroxylation sites is 1. The summed E-state index contributed by atoms with van der Waals surface area (Å²) in [6.45, 7) is 1.63. The first-order valence-electron chi connectivity index (χ1n) is 8.08. The van der Waals surface area contributed by atoms with Crippen LogP contribution in [0.15, 0.2) is 57.9 Å². The Morgan fingerprint density at radius 1 is 1.04 bits per heavy atom. The second kappa shape index (κ2) is 7.77. The maximum Gasteiger partial charge on any atom is 0.244 e. The molecular weight excluding hydrogens is 370 g/mol. The maximum atomic E-state index is 12.5. The maximum absolute atomic E-state index is 12.5. The average molecular weight is 389 g/mol. The van der Waals surface area contributed by atoms with E-state index in [1.807, 2.05) is 12.1 Å². The van der Waals surface area contributed by atoms with Gasteiger partial charge in [-0.15, -0.1) is 0 Å². The minimum Gasteiger partial charge on any atom is -0.497 e. The Morgan fingerprint density at radius 2 is 1.74 bits per heavy atom. The number of nitrogens with zero attached hydrogens (tertiary/aromatic N) is 2. The third kappa shape index (κ3) is 4.09. The highest BCUT2D eigenvalue weighted by atomic mass is 32.2. The van der Waals surface area contributed by atoms with Gasteiger partial charge in [0.05, 0.1) is 30.7 Å². The predicted octanol–water partition coefficient (Wildman–Crippen LogP) is 2.79. The van der Waals surface area contributed by atoms with E-state index in [9.17, 15) is 8.42 Å². The summed E-state index contributed by atoms with van der Waals surface area (Å²) in [6, 6.07) is 12.6. The first kappa shape index (κ1) is 18.9. The second-order valence-electron chi connectivity index (χ2n) is 5.68. The minimum atomic E-state index is -3.76. The molecule has 0 saturated heterocycles. The largest absolute Gasteiger partial charge is 0.497 e. The van der Waals surface area contributed by atoms with Gasteiger partial charge in [-0.05, 0) is 43.3 Å². The fourth-order valence-electron chi connectivity index (χ4n) is 2.46. The number of rotatable bonds is 7. The molecule has 0 saturated carbocycles. The summed E-state index contributed by atoms with van der Waals surface area (Å²) in [4.78, 5) is 4.40. The zero-order chi connectivity index (χ0) is 19.4. The highest BCUT2D eigenvalue weighted by Gasteiger charge is 2.23. The summed E-state index contributed by atoms with van der Waals surface area (Å²) in [5.41, 5.74) is 0.653. The lowest BCUT2D eigenvalue weighted by Gasteiger charge is -2.11. The molecule has 0 aliphatic carbocycles. The van der Waals surface area contributed by atoms with Gasteiger partial charge in [0, 0.05) is 0 Å². The first-order valence-corrected chi connectivity index (χ1v) is 9.56. The topological polar surface area (TPSA) is 104 Å². The smallest absolute Gasteiger partial charge is 0.244 e. The van der Waals surface area contributed by atoms with Gasteiger partial charge in [-0.1, -0.05) is 17.3 Å². The van der Waals surface area contributed by atoms with E-state index in [1.54, 1.807) is 38.3 Å². The lowest BCUT2D eigenvalue weighted by molar-refractivity contribution is 0.353. The number of hydrogen-bond donors (Lipinski definition) is 1. The van der Waals surface area contributed by atoms with E-state index in [0.29, 0.717) is 22.9 Å². The second-order valence-corrected chi connectivity index (χ2v) is 7.39. The molecule has 1 unspecified atom stereocenters. The van der Waals surface area contributed by atoms with Gasteiger partial charge in [0.2, 0.25) is 21.7 Å². The number of methoxy groups -OCH3 is 2. The third-order valence-corrected chi connectivity index (χ3v) is 5.42. The van der Waals surface area contributed by atoms with Gasteiger partial charge in [0.1, 0.15) is 11.5 Å². The molecule has 142 valence electrons. The summed E-state index contributed by atoms with van der Waals surface area (Å²) in [7, 11) is -0.699. The van der Waals surface area contributed by atoms with Crippen molar-refractivity contribution >= 4 is 10.0 Å². The Morgan fingerprint density at radius 3 is 2.41 bits per heavy atom. The van der Waals surface area contributed by atoms with E-state index in [1.165, 1.54) is 19.2 Å². The molecule has 0 fully saturated rings. The Balaban J connectivity index is 1.80. The van der Waals surface area contributed by atoms with Crippen molar-refractivity contribution in [2.24, 2.45) is 0 Å². The zero-order valence-electron chi connectivity index (χ0n) is 15.0. The van der Waals surface area contributed by atoms with Crippen LogP contribution in [-0.4, -0.2) is 32.8 Å². The van der Waals surface area contributed by atoms with Crippen molar-refractivity contribution in [3.63, 3.8) is 0 Å². The number of ether oxygens (including phenoxy) is 2. The van der Waals surface area contributed by atoms with Crippen LogP contribution in [0.5, 0.6) is 11.5 Å². The lowest BCUT2D eigenvalue weighted by Crippen LogP contribution is -2.27. The molecule has 2 aromatic carbocycles. The van der Waals surface area contributed by atoms with Crippen LogP contribution in [0.4, 0.5) is 0 Å². The van der Waals surface area contributed by atoms with Crippen molar-refractivity contribution in [2.45, 2.75) is 17.9 Å². The van der Waals surface area contributed by atoms with E-state index in [2.05, 4.69) is 14.9 Å². The molecule has 3 rings (SSSR count). The Bertz CT molecular complexity index is 1020. The van der Waals surface area contributed by atoms with Crippen molar-refractivity contribution < 1.29 is 22.4 Å². The van der Waals surface area contributed by atoms with Gasteiger partial charge in [-0.2, -0.15) is 9.71 Å². The number of hydrogen-bond acceptors (Lipinski definition) is 7. The Hall–Kier alpha value is -2.91. The monoisotopic (exact) mass is 389 g/mol. The molecule has 0 radical (unpaired) electrons. The minimum absolute atomic E-state index is 0.111. The normalized spacial score (nSPS) is 12.6. The van der Waals surface area contributed by atoms with Crippen LogP contribution in [0.2, 0.25) is 0 Å². The van der Waals surface area contributed by atoms with Crippen molar-refractivity contribution in [3.8, 4) is 22.9 Å². The molecule has 9 heteroatoms. The van der Waals surface area contributed by atoms with Gasteiger partial charge in [-0.25, -0.2) is 8.42 Å². The van der Waals surface area contributed by atoms with E-state index >= 15 is 0 Å². The fourth-order valence-corrected chi connectivity index (χ4v) is 3.65. The molecule has 0 amide bonds. The van der Waals surface area contributed by atoms with Crippen molar-refractivity contribution in [1.29, 1.82) is 0 Å². The molecule has 0 bridgehead atoms. The van der Waals surface area contributed by atoms with E-state index < -0.39 is 16.1 Å². The molecule has 27 heavy (non-hydrogen) atoms. The number of aromatic nitrogens is 2. The zero-order valence-corrected chi connectivity index (χ0v) is 15.9. The van der Waals surface area contributed by atoms with Crippen LogP contribution < -0.4 is 14.2 Å². The molecule has 0 aliphatic rings. The van der Waals surface area contributed by atoms with Crippen LogP contribution >= 0.6 is 0 Å². The first-order chi connectivity index (χ1) is 12.9. The molecule has 0 spiro atoms. The van der Waals surface area contributed by atoms with Crippen molar-refractivity contribution in [2.75, 3.05) is 14.2 Å². The quantitative estimate of drug-likeness (QED) is 0.662. The van der Waals surface area contributed by atoms with E-state index in [-0.39, 0.29) is 10.8 Å². The molecule has 1 N–H and O–H groups in total. The van der Waals surface area contributed by atoms with E-state index in [4.69, 9.17) is 14.0 Å². The van der Waals surface area contributed by atoms with Crippen LogP contribution in [0, 0.1) is 0 Å². The summed E-state index contributed by atoms with van der Waals surface area (Å²) in [5.74, 6) is 1.63. The van der Waals surface area contributed by atoms with Crippen LogP contribution in [0.1, 0.15) is 18.9 Å². The molecule has 1 aromatic heterocycles. The fraction of sp³-hybridized carbons (Fsp3) is 0.222. The van der Waals surface area contributed by atoms with Crippen LogP contribution in [0.3, 0.4) is 0 Å². The predicted molar refractivity (Wildman–Crippen MR) is 98.0 cm³/mol. The van der Waals surface area contributed by atoms with Gasteiger partial charge in [-0.3, -0.25) is 0 Å². The third-order valence-electron chi connectivity index (χ3n) is 3.86. The SMILES string of the molecule is COc1ccc(S(=O)(=O)NC(C)c2nc(-c3ccccc3OC)no2)cc1. The van der Waals surface area contributed by atoms with Gasteiger partial charge in [0.25, 0.3) is 0 Å². The summed E-state index contributed by atoms with van der Waals surface area (Å²) in [5, 5.41) is 3.92. The summed E-state index contributed by atoms with van der Waals surface area (Å²) >= 11 is 0. The van der Waals surface area contributed by atoms with Crippen LogP contribution in [0.25, 0.3) is 11.4 Å². The number of benzene rings is 2. The Kier molecular flexibility index (Phi) is 5.43. The van der Waals surface area contributed by atoms with Crippen molar-refractivity contribution in [1.82, 2.24) is 14.9 Å². The molecule has 0 aliphatic heterocycles. The molecular formula is C18H19N3O5S. The lowest BCUT2D eigenvalue weighted by atomic mass is 10.2. The van der Waals surface area contributed by atoms with Gasteiger partial charge < -0.3 is 14.0 Å². The van der Waals surface area contributed by atoms with Crippen molar-refractivity contribution in [3.05, 3.63) is 54.4 Å².